The summed E-state index contributed by atoms with van der Waals surface area (Å²) in [7, 11) is 1.87. The Hall–Kier alpha value is -3.46. The molecule has 1 spiro atoms. The molecule has 2 aliphatic heterocycles. The van der Waals surface area contributed by atoms with Crippen molar-refractivity contribution in [2.24, 2.45) is 0 Å². The maximum atomic E-state index is 14.3. The van der Waals surface area contributed by atoms with E-state index < -0.39 is 5.82 Å². The fourth-order valence-electron chi connectivity index (χ4n) is 6.42. The molecule has 2 fully saturated rings. The third kappa shape index (κ3) is 4.77. The summed E-state index contributed by atoms with van der Waals surface area (Å²) < 4.78 is 21.8. The van der Waals surface area contributed by atoms with Crippen LogP contribution in [0.2, 0.25) is 0 Å². The molecule has 3 aromatic rings. The molecule has 1 aromatic carbocycles. The number of carbonyl (C=O) groups excluding carboxylic acids is 1. The molecule has 1 N–H and O–H groups in total. The smallest absolute Gasteiger partial charge is 0.254 e. The van der Waals surface area contributed by atoms with Crippen molar-refractivity contribution in [3.05, 3.63) is 70.6 Å². The summed E-state index contributed by atoms with van der Waals surface area (Å²) in [5.41, 5.74) is 5.03. The summed E-state index contributed by atoms with van der Waals surface area (Å²) in [6.07, 6.45) is 9.53. The second-order valence-electron chi connectivity index (χ2n) is 11.2. The highest BCUT2D eigenvalue weighted by Gasteiger charge is 2.53. The second-order valence-corrected chi connectivity index (χ2v) is 11.2. The molecule has 39 heavy (non-hydrogen) atoms. The Balaban J connectivity index is 1.40. The predicted octanol–water partition coefficient (Wildman–Crippen LogP) is 4.75. The number of imidazole rings is 1. The summed E-state index contributed by atoms with van der Waals surface area (Å²) in [4.78, 5) is 27.4. The maximum absolute atomic E-state index is 14.3. The number of fused-ring (bicyclic) bond motifs is 2. The van der Waals surface area contributed by atoms with E-state index in [4.69, 9.17) is 4.74 Å². The summed E-state index contributed by atoms with van der Waals surface area (Å²) in [6, 6.07) is 5.74. The van der Waals surface area contributed by atoms with Gasteiger partial charge in [0, 0.05) is 49.6 Å². The van der Waals surface area contributed by atoms with Crippen molar-refractivity contribution in [3.63, 3.8) is 0 Å². The van der Waals surface area contributed by atoms with Crippen molar-refractivity contribution >= 4 is 11.9 Å². The standard InChI is InChI=1S/C30H37FN6O2/c1-4-39-26-15-25(34-16-24(26)31)20(2)37-19-30(7-8-30)27-22(18-35-10-5-6-11-35)13-21(14-23(27)28(37)38)17-36-12-9-33-29(36)32-3/h9,12-16,20H,4-8,10-11,17-19H2,1-3H3,(H,32,33). The Kier molecular flexibility index (Phi) is 6.79. The number of halogens is 1. The Bertz CT molecular complexity index is 1380. The van der Waals surface area contributed by atoms with E-state index in [2.05, 4.69) is 36.9 Å². The molecule has 206 valence electrons. The maximum Gasteiger partial charge on any atom is 0.254 e. The lowest BCUT2D eigenvalue weighted by Gasteiger charge is -2.40. The van der Waals surface area contributed by atoms with Crippen LogP contribution in [0.5, 0.6) is 5.75 Å². The van der Waals surface area contributed by atoms with Gasteiger partial charge in [-0.25, -0.2) is 9.37 Å². The Morgan fingerprint density at radius 3 is 2.67 bits per heavy atom. The van der Waals surface area contributed by atoms with Crippen LogP contribution in [-0.4, -0.2) is 63.5 Å². The predicted molar refractivity (Wildman–Crippen MR) is 148 cm³/mol. The lowest BCUT2D eigenvalue weighted by molar-refractivity contribution is 0.0633. The monoisotopic (exact) mass is 532 g/mol. The molecular weight excluding hydrogens is 495 g/mol. The van der Waals surface area contributed by atoms with E-state index in [0.29, 0.717) is 25.4 Å². The van der Waals surface area contributed by atoms with Crippen molar-refractivity contribution in [2.45, 2.75) is 64.1 Å². The number of nitrogens with one attached hydrogen (secondary N) is 1. The number of likely N-dealkylation sites (tertiary alicyclic amines) is 1. The summed E-state index contributed by atoms with van der Waals surface area (Å²) in [6.45, 7) is 8.54. The van der Waals surface area contributed by atoms with Gasteiger partial charge in [0.15, 0.2) is 11.6 Å². The van der Waals surface area contributed by atoms with Crippen LogP contribution in [0.1, 0.15) is 78.3 Å². The number of nitrogens with zero attached hydrogens (tertiary/aromatic N) is 5. The highest BCUT2D eigenvalue weighted by atomic mass is 19.1. The van der Waals surface area contributed by atoms with Crippen LogP contribution in [0, 0.1) is 5.82 Å². The van der Waals surface area contributed by atoms with E-state index in [-0.39, 0.29) is 23.1 Å². The van der Waals surface area contributed by atoms with Gasteiger partial charge in [0.1, 0.15) is 0 Å². The minimum Gasteiger partial charge on any atom is -0.491 e. The Morgan fingerprint density at radius 1 is 1.15 bits per heavy atom. The number of ether oxygens (including phenoxy) is 1. The van der Waals surface area contributed by atoms with Crippen LogP contribution in [0.25, 0.3) is 0 Å². The molecule has 3 aliphatic rings. The van der Waals surface area contributed by atoms with Crippen molar-refractivity contribution < 1.29 is 13.9 Å². The van der Waals surface area contributed by atoms with Crippen LogP contribution in [0.3, 0.4) is 0 Å². The van der Waals surface area contributed by atoms with Gasteiger partial charge in [-0.1, -0.05) is 6.07 Å². The molecule has 1 aliphatic carbocycles. The van der Waals surface area contributed by atoms with Gasteiger partial charge in [-0.15, -0.1) is 0 Å². The number of hydrogen-bond acceptors (Lipinski definition) is 6. The molecule has 0 bridgehead atoms. The molecule has 6 rings (SSSR count). The van der Waals surface area contributed by atoms with Crippen LogP contribution < -0.4 is 10.1 Å². The number of hydrogen-bond donors (Lipinski definition) is 1. The summed E-state index contributed by atoms with van der Waals surface area (Å²) >= 11 is 0. The highest BCUT2D eigenvalue weighted by Crippen LogP contribution is 2.55. The van der Waals surface area contributed by atoms with Gasteiger partial charge in [-0.05, 0) is 75.4 Å². The molecular formula is C30H37FN6O2. The Morgan fingerprint density at radius 2 is 1.95 bits per heavy atom. The SMILES string of the molecule is CCOc1cc(C(C)N2CC3(CC3)c3c(CN4CCCC4)cc(Cn4ccnc4NC)cc3C2=O)ncc1F. The molecule has 1 atom stereocenters. The zero-order valence-electron chi connectivity index (χ0n) is 23.0. The summed E-state index contributed by atoms with van der Waals surface area (Å²) in [5, 5.41) is 3.15. The number of benzene rings is 1. The minimum absolute atomic E-state index is 0.0168. The third-order valence-corrected chi connectivity index (χ3v) is 8.55. The first-order valence-corrected chi connectivity index (χ1v) is 14.1. The molecule has 1 amide bonds. The van der Waals surface area contributed by atoms with Crippen LogP contribution >= 0.6 is 0 Å². The summed E-state index contributed by atoms with van der Waals surface area (Å²) in [5.74, 6) is 0.499. The molecule has 9 heteroatoms. The number of carbonyl (C=O) groups is 1. The molecule has 1 saturated heterocycles. The minimum atomic E-state index is -0.488. The zero-order chi connectivity index (χ0) is 27.1. The number of rotatable bonds is 9. The molecule has 2 aromatic heterocycles. The molecule has 0 radical (unpaired) electrons. The fraction of sp³-hybridized carbons (Fsp3) is 0.500. The van der Waals surface area contributed by atoms with Gasteiger partial charge in [0.2, 0.25) is 5.95 Å². The largest absolute Gasteiger partial charge is 0.491 e. The van der Waals surface area contributed by atoms with Crippen LogP contribution in [0.15, 0.2) is 36.8 Å². The zero-order valence-corrected chi connectivity index (χ0v) is 23.0. The topological polar surface area (TPSA) is 75.5 Å². The van der Waals surface area contributed by atoms with Gasteiger partial charge in [-0.2, -0.15) is 0 Å². The number of anilines is 1. The van der Waals surface area contributed by atoms with E-state index in [0.717, 1.165) is 49.6 Å². The van der Waals surface area contributed by atoms with E-state index in [1.165, 1.54) is 30.2 Å². The molecule has 1 unspecified atom stereocenters. The first-order chi connectivity index (χ1) is 18.9. The van der Waals surface area contributed by atoms with E-state index in [9.17, 15) is 9.18 Å². The van der Waals surface area contributed by atoms with Crippen LogP contribution in [0.4, 0.5) is 10.3 Å². The molecule has 8 nitrogen and oxygen atoms in total. The van der Waals surface area contributed by atoms with Crippen molar-refractivity contribution in [1.29, 1.82) is 0 Å². The highest BCUT2D eigenvalue weighted by molar-refractivity contribution is 5.98. The first-order valence-electron chi connectivity index (χ1n) is 14.1. The number of amides is 1. The van der Waals surface area contributed by atoms with E-state index >= 15 is 0 Å². The van der Waals surface area contributed by atoms with Gasteiger partial charge >= 0.3 is 0 Å². The number of aromatic nitrogens is 3. The number of pyridine rings is 1. The van der Waals surface area contributed by atoms with Gasteiger partial charge < -0.3 is 19.5 Å². The van der Waals surface area contributed by atoms with Crippen molar-refractivity contribution in [2.75, 3.05) is 38.6 Å². The van der Waals surface area contributed by atoms with Crippen molar-refractivity contribution in [1.82, 2.24) is 24.3 Å². The lowest BCUT2D eigenvalue weighted by Crippen LogP contribution is -2.45. The normalized spacial score (nSPS) is 18.9. The molecule has 4 heterocycles. The third-order valence-electron chi connectivity index (χ3n) is 8.55. The van der Waals surface area contributed by atoms with Gasteiger partial charge in [0.05, 0.1) is 31.1 Å². The lowest BCUT2D eigenvalue weighted by atomic mass is 9.81. The second kappa shape index (κ2) is 10.3. The fourth-order valence-corrected chi connectivity index (χ4v) is 6.42. The molecule has 1 saturated carbocycles. The van der Waals surface area contributed by atoms with E-state index in [1.807, 2.05) is 32.0 Å². The Labute approximate surface area is 229 Å². The average molecular weight is 533 g/mol. The quantitative estimate of drug-likeness (QED) is 0.429. The van der Waals surface area contributed by atoms with Crippen molar-refractivity contribution in [3.8, 4) is 5.75 Å². The first kappa shape index (κ1) is 25.8. The van der Waals surface area contributed by atoms with Gasteiger partial charge in [0.25, 0.3) is 5.91 Å². The van der Waals surface area contributed by atoms with Crippen LogP contribution in [-0.2, 0) is 18.5 Å². The van der Waals surface area contributed by atoms with E-state index in [1.54, 1.807) is 12.3 Å². The van der Waals surface area contributed by atoms with Gasteiger partial charge in [-0.3, -0.25) is 14.7 Å². The average Bonchev–Trinajstić information content (AvgIpc) is 3.28.